The van der Waals surface area contributed by atoms with Gasteiger partial charge in [0.25, 0.3) is 0 Å². The maximum absolute atomic E-state index is 12.8. The number of sulfone groups is 1. The summed E-state index contributed by atoms with van der Waals surface area (Å²) in [5.74, 6) is 0.451. The zero-order valence-electron chi connectivity index (χ0n) is 16.8. The number of aromatic nitrogens is 2. The van der Waals surface area contributed by atoms with Crippen LogP contribution >= 0.6 is 0 Å². The molecule has 150 valence electrons. The van der Waals surface area contributed by atoms with E-state index in [4.69, 9.17) is 4.74 Å². The number of benzene rings is 1. The molecule has 1 aromatic carbocycles. The van der Waals surface area contributed by atoms with E-state index in [9.17, 15) is 8.42 Å². The third-order valence-corrected chi connectivity index (χ3v) is 6.05. The first-order chi connectivity index (χ1) is 12.8. The summed E-state index contributed by atoms with van der Waals surface area (Å²) < 4.78 is 32.5. The zero-order valence-corrected chi connectivity index (χ0v) is 17.6. The van der Waals surface area contributed by atoms with Crippen molar-refractivity contribution in [3.05, 3.63) is 47.8 Å². The number of ether oxygens (including phenoxy) is 1. The van der Waals surface area contributed by atoms with Gasteiger partial charge in [-0.1, -0.05) is 44.2 Å². The Hall–Kier alpha value is -1.70. The van der Waals surface area contributed by atoms with Crippen LogP contribution in [0.5, 0.6) is 0 Å². The molecular weight excluding hydrogens is 362 g/mol. The highest BCUT2D eigenvalue weighted by atomic mass is 32.2. The van der Waals surface area contributed by atoms with E-state index in [-0.39, 0.29) is 10.9 Å². The van der Waals surface area contributed by atoms with E-state index in [1.54, 1.807) is 17.9 Å². The van der Waals surface area contributed by atoms with Crippen LogP contribution in [0.1, 0.15) is 31.5 Å². The van der Waals surface area contributed by atoms with Gasteiger partial charge < -0.3 is 9.30 Å². The molecule has 0 N–H and O–H groups in total. The van der Waals surface area contributed by atoms with Crippen molar-refractivity contribution < 1.29 is 13.2 Å². The maximum atomic E-state index is 12.8. The molecule has 27 heavy (non-hydrogen) atoms. The van der Waals surface area contributed by atoms with Gasteiger partial charge in [0.05, 0.1) is 24.3 Å². The lowest BCUT2D eigenvalue weighted by Crippen LogP contribution is -2.22. The van der Waals surface area contributed by atoms with Gasteiger partial charge in [-0.15, -0.1) is 0 Å². The Morgan fingerprint density at radius 2 is 1.89 bits per heavy atom. The van der Waals surface area contributed by atoms with Gasteiger partial charge >= 0.3 is 0 Å². The van der Waals surface area contributed by atoms with Gasteiger partial charge in [-0.05, 0) is 24.9 Å². The van der Waals surface area contributed by atoms with Gasteiger partial charge in [0.2, 0.25) is 15.0 Å². The molecule has 1 aromatic heterocycles. The van der Waals surface area contributed by atoms with E-state index < -0.39 is 9.84 Å². The Kier molecular flexibility index (Phi) is 8.01. The summed E-state index contributed by atoms with van der Waals surface area (Å²) in [6.07, 6.45) is 2.31. The van der Waals surface area contributed by atoms with Crippen molar-refractivity contribution in [3.8, 4) is 0 Å². The largest absolute Gasteiger partial charge is 0.383 e. The normalized spacial score (nSPS) is 12.2. The molecule has 0 spiro atoms. The average molecular weight is 394 g/mol. The molecule has 0 amide bonds. The molecule has 0 aliphatic heterocycles. The Morgan fingerprint density at radius 1 is 1.19 bits per heavy atom. The fourth-order valence-electron chi connectivity index (χ4n) is 2.90. The van der Waals surface area contributed by atoms with Crippen LogP contribution in [0.25, 0.3) is 0 Å². The molecule has 6 nitrogen and oxygen atoms in total. The van der Waals surface area contributed by atoms with Crippen LogP contribution in [-0.2, 0) is 34.2 Å². The number of rotatable bonds is 11. The Labute approximate surface area is 163 Å². The van der Waals surface area contributed by atoms with E-state index in [0.29, 0.717) is 32.0 Å². The average Bonchev–Trinajstić information content (AvgIpc) is 3.02. The summed E-state index contributed by atoms with van der Waals surface area (Å²) in [4.78, 5) is 6.42. The van der Waals surface area contributed by atoms with Crippen LogP contribution in [0.2, 0.25) is 0 Å². The molecule has 0 saturated heterocycles. The van der Waals surface area contributed by atoms with Gasteiger partial charge in [-0.25, -0.2) is 13.4 Å². The number of imidazole rings is 1. The highest BCUT2D eigenvalue weighted by Gasteiger charge is 2.24. The van der Waals surface area contributed by atoms with Crippen LogP contribution in [0.4, 0.5) is 0 Å². The molecule has 0 bridgehead atoms. The first kappa shape index (κ1) is 21.6. The van der Waals surface area contributed by atoms with Gasteiger partial charge in [-0.3, -0.25) is 4.90 Å². The van der Waals surface area contributed by atoms with Crippen molar-refractivity contribution in [2.45, 2.75) is 45.1 Å². The predicted octanol–water partition coefficient (Wildman–Crippen LogP) is 2.98. The molecule has 0 saturated carbocycles. The summed E-state index contributed by atoms with van der Waals surface area (Å²) in [6, 6.07) is 10.2. The lowest BCUT2D eigenvalue weighted by atomic mass is 10.2. The highest BCUT2D eigenvalue weighted by molar-refractivity contribution is 7.91. The maximum Gasteiger partial charge on any atom is 0.227 e. The number of methoxy groups -OCH3 is 1. The van der Waals surface area contributed by atoms with Gasteiger partial charge in [-0.2, -0.15) is 0 Å². The minimum absolute atomic E-state index is 0.119. The van der Waals surface area contributed by atoms with Crippen LogP contribution in [0.3, 0.4) is 0 Å². The van der Waals surface area contributed by atoms with Crippen molar-refractivity contribution >= 4 is 9.84 Å². The second-order valence-corrected chi connectivity index (χ2v) is 9.34. The first-order valence-corrected chi connectivity index (χ1v) is 11.0. The molecule has 0 radical (unpaired) electrons. The highest BCUT2D eigenvalue weighted by Crippen LogP contribution is 2.17. The fourth-order valence-corrected chi connectivity index (χ4v) is 4.62. The summed E-state index contributed by atoms with van der Waals surface area (Å²) in [5, 5.41) is 0.156. The smallest absolute Gasteiger partial charge is 0.227 e. The second-order valence-electron chi connectivity index (χ2n) is 7.34. The summed E-state index contributed by atoms with van der Waals surface area (Å²) in [5.41, 5.74) is 2.10. The Bertz CT molecular complexity index is 801. The topological polar surface area (TPSA) is 64.4 Å². The van der Waals surface area contributed by atoms with Crippen LogP contribution in [-0.4, -0.2) is 49.4 Å². The molecule has 0 atom stereocenters. The van der Waals surface area contributed by atoms with Gasteiger partial charge in [0.1, 0.15) is 0 Å². The molecule has 2 aromatic rings. The van der Waals surface area contributed by atoms with E-state index in [2.05, 4.69) is 22.0 Å². The van der Waals surface area contributed by atoms with E-state index >= 15 is 0 Å². The molecule has 0 aliphatic rings. The third kappa shape index (κ3) is 6.45. The third-order valence-electron chi connectivity index (χ3n) is 4.39. The zero-order chi connectivity index (χ0) is 19.9. The standard InChI is InChI=1S/C20H31N3O3S/c1-17(2)10-13-27(24,25)20-21-14-19(23(20)11-12-26-4)16-22(3)15-18-8-6-5-7-9-18/h5-9,14,17H,10-13,15-16H2,1-4H3. The molecule has 0 aliphatic carbocycles. The van der Waals surface area contributed by atoms with Crippen LogP contribution < -0.4 is 0 Å². The molecule has 7 heteroatoms. The molecule has 1 heterocycles. The summed E-state index contributed by atoms with van der Waals surface area (Å²) in [6.45, 7) is 6.37. The van der Waals surface area contributed by atoms with Crippen molar-refractivity contribution in [1.29, 1.82) is 0 Å². The number of hydrogen-bond acceptors (Lipinski definition) is 5. The molecule has 2 rings (SSSR count). The Balaban J connectivity index is 2.19. The van der Waals surface area contributed by atoms with Crippen molar-refractivity contribution in [2.75, 3.05) is 26.5 Å². The van der Waals surface area contributed by atoms with Crippen molar-refractivity contribution in [2.24, 2.45) is 5.92 Å². The minimum Gasteiger partial charge on any atom is -0.383 e. The first-order valence-electron chi connectivity index (χ1n) is 9.32. The van der Waals surface area contributed by atoms with Crippen LogP contribution in [0.15, 0.2) is 41.7 Å². The summed E-state index contributed by atoms with van der Waals surface area (Å²) in [7, 11) is 0.225. The quantitative estimate of drug-likeness (QED) is 0.587. The fraction of sp³-hybridized carbons (Fsp3) is 0.550. The number of nitrogens with zero attached hydrogens (tertiary/aromatic N) is 3. The summed E-state index contributed by atoms with van der Waals surface area (Å²) >= 11 is 0. The Morgan fingerprint density at radius 3 is 2.52 bits per heavy atom. The van der Waals surface area contributed by atoms with Crippen molar-refractivity contribution in [3.63, 3.8) is 0 Å². The minimum atomic E-state index is -3.41. The predicted molar refractivity (Wildman–Crippen MR) is 107 cm³/mol. The lowest BCUT2D eigenvalue weighted by molar-refractivity contribution is 0.182. The van der Waals surface area contributed by atoms with Gasteiger partial charge in [0.15, 0.2) is 0 Å². The molecule has 0 fully saturated rings. The molecule has 0 unspecified atom stereocenters. The van der Waals surface area contributed by atoms with E-state index in [0.717, 1.165) is 12.2 Å². The molecular formula is C20H31N3O3S. The van der Waals surface area contributed by atoms with E-state index in [1.807, 2.05) is 39.1 Å². The van der Waals surface area contributed by atoms with Crippen LogP contribution in [0, 0.1) is 5.92 Å². The second kappa shape index (κ2) is 10.0. The van der Waals surface area contributed by atoms with Crippen molar-refractivity contribution in [1.82, 2.24) is 14.5 Å². The lowest BCUT2D eigenvalue weighted by Gasteiger charge is -2.19. The van der Waals surface area contributed by atoms with Gasteiger partial charge in [0, 0.05) is 26.7 Å². The number of hydrogen-bond donors (Lipinski definition) is 0. The SMILES string of the molecule is COCCn1c(CN(C)Cc2ccccc2)cnc1S(=O)(=O)CCC(C)C. The van der Waals surface area contributed by atoms with E-state index in [1.165, 1.54) is 5.56 Å². The monoisotopic (exact) mass is 393 g/mol.